The van der Waals surface area contributed by atoms with Crippen LogP contribution in [0.25, 0.3) is 0 Å². The molecule has 0 fully saturated rings. The first-order chi connectivity index (χ1) is 11.5. The molecule has 0 saturated heterocycles. The first-order valence-corrected chi connectivity index (χ1v) is 8.26. The summed E-state index contributed by atoms with van der Waals surface area (Å²) in [5.74, 6) is 0.610. The minimum absolute atomic E-state index is 0.0728. The highest BCUT2D eigenvalue weighted by atomic mass is 16.5. The maximum absolute atomic E-state index is 12.4. The zero-order valence-corrected chi connectivity index (χ0v) is 14.4. The van der Waals surface area contributed by atoms with E-state index >= 15 is 0 Å². The van der Waals surface area contributed by atoms with Crippen molar-refractivity contribution >= 4 is 5.91 Å². The third kappa shape index (κ3) is 5.92. The number of hydrogen-bond acceptors (Lipinski definition) is 2. The molecule has 3 heteroatoms. The molecular weight excluding hydrogens is 298 g/mol. The fourth-order valence-electron chi connectivity index (χ4n) is 2.34. The van der Waals surface area contributed by atoms with E-state index in [1.165, 1.54) is 5.56 Å². The highest BCUT2D eigenvalue weighted by Gasteiger charge is 2.10. The van der Waals surface area contributed by atoms with Crippen molar-refractivity contribution in [1.82, 2.24) is 5.32 Å². The Balaban J connectivity index is 1.87. The minimum atomic E-state index is -0.0728. The summed E-state index contributed by atoms with van der Waals surface area (Å²) >= 11 is 0. The molecule has 3 nitrogen and oxygen atoms in total. The molecule has 0 aliphatic carbocycles. The van der Waals surface area contributed by atoms with Gasteiger partial charge in [0, 0.05) is 11.6 Å². The van der Waals surface area contributed by atoms with Crippen molar-refractivity contribution in [2.24, 2.45) is 0 Å². The number of carbonyl (C=O) groups is 1. The van der Waals surface area contributed by atoms with E-state index in [9.17, 15) is 4.79 Å². The van der Waals surface area contributed by atoms with Gasteiger partial charge >= 0.3 is 0 Å². The van der Waals surface area contributed by atoms with E-state index in [2.05, 4.69) is 24.0 Å². The Kier molecular flexibility index (Phi) is 6.62. The molecule has 0 bridgehead atoms. The molecule has 126 valence electrons. The third-order valence-electron chi connectivity index (χ3n) is 3.67. The van der Waals surface area contributed by atoms with Crippen molar-refractivity contribution in [3.8, 4) is 5.75 Å². The number of nitrogens with one attached hydrogen (secondary N) is 1. The van der Waals surface area contributed by atoms with Gasteiger partial charge in [-0.15, -0.1) is 0 Å². The van der Waals surface area contributed by atoms with Crippen LogP contribution in [0.4, 0.5) is 0 Å². The van der Waals surface area contributed by atoms with Gasteiger partial charge in [0.2, 0.25) is 0 Å². The van der Waals surface area contributed by atoms with Crippen LogP contribution in [0.2, 0.25) is 0 Å². The Labute approximate surface area is 144 Å². The molecule has 0 unspecified atom stereocenters. The average molecular weight is 323 g/mol. The van der Waals surface area contributed by atoms with E-state index in [0.29, 0.717) is 17.9 Å². The zero-order chi connectivity index (χ0) is 17.4. The molecule has 2 aromatic carbocycles. The number of carbonyl (C=O) groups excluding carboxylic acids is 1. The van der Waals surface area contributed by atoms with Crippen molar-refractivity contribution in [1.29, 1.82) is 0 Å². The Hall–Kier alpha value is -2.55. The Morgan fingerprint density at radius 3 is 2.62 bits per heavy atom. The zero-order valence-electron chi connectivity index (χ0n) is 14.4. The quantitative estimate of drug-likeness (QED) is 0.732. The smallest absolute Gasteiger partial charge is 0.251 e. The molecule has 24 heavy (non-hydrogen) atoms. The van der Waals surface area contributed by atoms with Gasteiger partial charge in [-0.3, -0.25) is 4.79 Å². The van der Waals surface area contributed by atoms with E-state index in [-0.39, 0.29) is 11.9 Å². The SMILES string of the molecule is C=C(C)COc1cccc(C(=O)N[C@H](C)CCc2ccccc2)c1. The normalized spacial score (nSPS) is 11.6. The van der Waals surface area contributed by atoms with Gasteiger partial charge < -0.3 is 10.1 Å². The molecule has 0 aliphatic rings. The highest BCUT2D eigenvalue weighted by molar-refractivity contribution is 5.94. The van der Waals surface area contributed by atoms with Crippen LogP contribution in [0, 0.1) is 0 Å². The summed E-state index contributed by atoms with van der Waals surface area (Å²) in [5, 5.41) is 3.05. The Morgan fingerprint density at radius 2 is 1.92 bits per heavy atom. The van der Waals surface area contributed by atoms with E-state index in [4.69, 9.17) is 4.74 Å². The lowest BCUT2D eigenvalue weighted by Gasteiger charge is -2.14. The lowest BCUT2D eigenvalue weighted by molar-refractivity contribution is 0.0938. The van der Waals surface area contributed by atoms with Crippen LogP contribution in [0.15, 0.2) is 66.7 Å². The molecule has 0 spiro atoms. The second-order valence-electron chi connectivity index (χ2n) is 6.17. The molecule has 0 saturated carbocycles. The second-order valence-corrected chi connectivity index (χ2v) is 6.17. The Bertz CT molecular complexity index is 679. The van der Waals surface area contributed by atoms with Gasteiger partial charge in [-0.2, -0.15) is 0 Å². The van der Waals surface area contributed by atoms with E-state index in [1.807, 2.05) is 44.2 Å². The topological polar surface area (TPSA) is 38.3 Å². The fourth-order valence-corrected chi connectivity index (χ4v) is 2.34. The van der Waals surface area contributed by atoms with Crippen molar-refractivity contribution in [2.75, 3.05) is 6.61 Å². The van der Waals surface area contributed by atoms with E-state index in [1.54, 1.807) is 12.1 Å². The predicted octanol–water partition coefficient (Wildman–Crippen LogP) is 4.39. The lowest BCUT2D eigenvalue weighted by atomic mass is 10.1. The van der Waals surface area contributed by atoms with Gasteiger partial charge in [0.25, 0.3) is 5.91 Å². The number of aryl methyl sites for hydroxylation is 1. The summed E-state index contributed by atoms with van der Waals surface area (Å²) in [6, 6.07) is 17.7. The van der Waals surface area contributed by atoms with Crippen molar-refractivity contribution in [3.63, 3.8) is 0 Å². The molecule has 1 N–H and O–H groups in total. The fraction of sp³-hybridized carbons (Fsp3) is 0.286. The van der Waals surface area contributed by atoms with Crippen LogP contribution in [0.1, 0.15) is 36.2 Å². The summed E-state index contributed by atoms with van der Waals surface area (Å²) in [5.41, 5.74) is 2.84. The van der Waals surface area contributed by atoms with E-state index in [0.717, 1.165) is 18.4 Å². The first kappa shape index (κ1) is 17.8. The van der Waals surface area contributed by atoms with Gasteiger partial charge in [-0.1, -0.05) is 43.0 Å². The summed E-state index contributed by atoms with van der Waals surface area (Å²) in [7, 11) is 0. The minimum Gasteiger partial charge on any atom is -0.489 e. The predicted molar refractivity (Wildman–Crippen MR) is 98.4 cm³/mol. The largest absolute Gasteiger partial charge is 0.489 e. The standard InChI is InChI=1S/C21H25NO2/c1-16(2)15-24-20-11-7-10-19(14-20)21(23)22-17(3)12-13-18-8-5-4-6-9-18/h4-11,14,17H,1,12-13,15H2,2-3H3,(H,22,23)/t17-/m1/s1. The Morgan fingerprint density at radius 1 is 1.17 bits per heavy atom. The molecule has 2 rings (SSSR count). The van der Waals surface area contributed by atoms with Crippen molar-refractivity contribution < 1.29 is 9.53 Å². The van der Waals surface area contributed by atoms with Gasteiger partial charge in [0.15, 0.2) is 0 Å². The molecule has 0 aromatic heterocycles. The molecule has 1 atom stereocenters. The number of amides is 1. The van der Waals surface area contributed by atoms with Gasteiger partial charge in [-0.25, -0.2) is 0 Å². The van der Waals surface area contributed by atoms with Crippen LogP contribution in [0.3, 0.4) is 0 Å². The molecular formula is C21H25NO2. The molecule has 0 aliphatic heterocycles. The average Bonchev–Trinajstić information content (AvgIpc) is 2.59. The van der Waals surface area contributed by atoms with Crippen LogP contribution in [-0.4, -0.2) is 18.6 Å². The van der Waals surface area contributed by atoms with Crippen molar-refractivity contribution in [3.05, 3.63) is 77.9 Å². The number of rotatable bonds is 8. The van der Waals surface area contributed by atoms with Crippen LogP contribution < -0.4 is 10.1 Å². The van der Waals surface area contributed by atoms with Gasteiger partial charge in [0.1, 0.15) is 12.4 Å². The number of benzene rings is 2. The second kappa shape index (κ2) is 8.92. The summed E-state index contributed by atoms with van der Waals surface area (Å²) in [4.78, 5) is 12.4. The van der Waals surface area contributed by atoms with Gasteiger partial charge in [0.05, 0.1) is 0 Å². The highest BCUT2D eigenvalue weighted by Crippen LogP contribution is 2.14. The monoisotopic (exact) mass is 323 g/mol. The molecule has 2 aromatic rings. The maximum atomic E-state index is 12.4. The molecule has 1 amide bonds. The van der Waals surface area contributed by atoms with Crippen LogP contribution >= 0.6 is 0 Å². The van der Waals surface area contributed by atoms with Crippen LogP contribution in [-0.2, 0) is 6.42 Å². The lowest BCUT2D eigenvalue weighted by Crippen LogP contribution is -2.32. The van der Waals surface area contributed by atoms with Gasteiger partial charge in [-0.05, 0) is 56.0 Å². The molecule has 0 radical (unpaired) electrons. The maximum Gasteiger partial charge on any atom is 0.251 e. The first-order valence-electron chi connectivity index (χ1n) is 8.26. The molecule has 0 heterocycles. The number of hydrogen-bond donors (Lipinski definition) is 1. The van der Waals surface area contributed by atoms with Crippen LogP contribution in [0.5, 0.6) is 5.75 Å². The van der Waals surface area contributed by atoms with E-state index < -0.39 is 0 Å². The summed E-state index contributed by atoms with van der Waals surface area (Å²) in [6.45, 7) is 8.20. The summed E-state index contributed by atoms with van der Waals surface area (Å²) in [6.07, 6.45) is 1.85. The summed E-state index contributed by atoms with van der Waals surface area (Å²) < 4.78 is 5.59. The van der Waals surface area contributed by atoms with Crippen molar-refractivity contribution in [2.45, 2.75) is 32.7 Å². The third-order valence-corrected chi connectivity index (χ3v) is 3.67. The number of ether oxygens (including phenoxy) is 1.